The van der Waals surface area contributed by atoms with E-state index in [1.54, 1.807) is 12.1 Å². The van der Waals surface area contributed by atoms with E-state index < -0.39 is 17.6 Å². The zero-order valence-corrected chi connectivity index (χ0v) is 14.5. The van der Waals surface area contributed by atoms with Crippen LogP contribution >= 0.6 is 0 Å². The van der Waals surface area contributed by atoms with E-state index in [-0.39, 0.29) is 5.69 Å². The van der Waals surface area contributed by atoms with Gasteiger partial charge in [-0.15, -0.1) is 0 Å². The summed E-state index contributed by atoms with van der Waals surface area (Å²) in [7, 11) is 2.10. The van der Waals surface area contributed by atoms with Gasteiger partial charge in [0.25, 0.3) is 0 Å². The number of nitrogens with zero attached hydrogens (tertiary/aromatic N) is 2. The fourth-order valence-corrected chi connectivity index (χ4v) is 2.76. The van der Waals surface area contributed by atoms with Gasteiger partial charge in [0.1, 0.15) is 5.82 Å². The molecule has 2 amide bonds. The summed E-state index contributed by atoms with van der Waals surface area (Å²) in [4.78, 5) is 28.5. The van der Waals surface area contributed by atoms with Gasteiger partial charge < -0.3 is 20.4 Å². The van der Waals surface area contributed by atoms with Crippen LogP contribution < -0.4 is 15.5 Å². The average Bonchev–Trinajstić information content (AvgIpc) is 2.63. The van der Waals surface area contributed by atoms with Crippen LogP contribution in [0.25, 0.3) is 0 Å². The molecule has 2 aromatic carbocycles. The van der Waals surface area contributed by atoms with E-state index in [1.807, 2.05) is 12.1 Å². The molecule has 3 rings (SSSR count). The van der Waals surface area contributed by atoms with Gasteiger partial charge >= 0.3 is 11.8 Å². The maximum absolute atomic E-state index is 13.1. The molecule has 0 saturated carbocycles. The van der Waals surface area contributed by atoms with Gasteiger partial charge in [0.05, 0.1) is 0 Å². The van der Waals surface area contributed by atoms with Crippen molar-refractivity contribution in [2.75, 3.05) is 48.8 Å². The lowest BCUT2D eigenvalue weighted by Gasteiger charge is -2.34. The maximum atomic E-state index is 13.1. The molecule has 1 fully saturated rings. The highest BCUT2D eigenvalue weighted by Crippen LogP contribution is 2.19. The zero-order chi connectivity index (χ0) is 18.5. The van der Waals surface area contributed by atoms with Crippen LogP contribution in [0.2, 0.25) is 0 Å². The smallest absolute Gasteiger partial charge is 0.314 e. The number of piperazine rings is 1. The molecule has 6 nitrogen and oxygen atoms in total. The minimum atomic E-state index is -0.848. The Morgan fingerprint density at radius 2 is 1.50 bits per heavy atom. The molecule has 0 radical (unpaired) electrons. The van der Waals surface area contributed by atoms with Crippen molar-refractivity contribution in [3.05, 3.63) is 54.3 Å². The van der Waals surface area contributed by atoms with E-state index in [2.05, 4.69) is 27.5 Å². The number of rotatable bonds is 3. The molecule has 1 saturated heterocycles. The number of halogens is 1. The summed E-state index contributed by atoms with van der Waals surface area (Å²) < 4.78 is 13.1. The molecule has 2 aromatic rings. The number of carbonyl (C=O) groups is 2. The molecule has 0 unspecified atom stereocenters. The van der Waals surface area contributed by atoms with Crippen LogP contribution in [0, 0.1) is 5.82 Å². The van der Waals surface area contributed by atoms with E-state index in [4.69, 9.17) is 0 Å². The van der Waals surface area contributed by atoms with Gasteiger partial charge in [-0.05, 0) is 49.5 Å². The summed E-state index contributed by atoms with van der Waals surface area (Å²) in [5.41, 5.74) is 1.85. The van der Waals surface area contributed by atoms with Crippen LogP contribution in [0.4, 0.5) is 21.5 Å². The summed E-state index contributed by atoms with van der Waals surface area (Å²) in [6.45, 7) is 3.94. The van der Waals surface area contributed by atoms with Crippen LogP contribution in [-0.4, -0.2) is 49.9 Å². The number of nitrogens with one attached hydrogen (secondary N) is 2. The first-order valence-electron chi connectivity index (χ1n) is 8.43. The van der Waals surface area contributed by atoms with Gasteiger partial charge in [-0.2, -0.15) is 0 Å². The average molecular weight is 356 g/mol. The Balaban J connectivity index is 1.56. The van der Waals surface area contributed by atoms with Gasteiger partial charge in [0.15, 0.2) is 0 Å². The van der Waals surface area contributed by atoms with Crippen LogP contribution in [0.1, 0.15) is 0 Å². The molecule has 26 heavy (non-hydrogen) atoms. The first kappa shape index (κ1) is 17.9. The SMILES string of the molecule is CN1CCN(c2ccc(NC(=O)C(=O)Nc3cccc(F)c3)cc2)CC1. The summed E-state index contributed by atoms with van der Waals surface area (Å²) in [6.07, 6.45) is 0. The molecule has 0 bridgehead atoms. The van der Waals surface area contributed by atoms with Crippen molar-refractivity contribution in [2.45, 2.75) is 0 Å². The van der Waals surface area contributed by atoms with Gasteiger partial charge in [-0.3, -0.25) is 9.59 Å². The van der Waals surface area contributed by atoms with Crippen molar-refractivity contribution in [3.63, 3.8) is 0 Å². The molecule has 7 heteroatoms. The molecule has 0 spiro atoms. The molecular formula is C19H21FN4O2. The van der Waals surface area contributed by atoms with E-state index in [9.17, 15) is 14.0 Å². The number of carbonyl (C=O) groups excluding carboxylic acids is 2. The number of benzene rings is 2. The fourth-order valence-electron chi connectivity index (χ4n) is 2.76. The maximum Gasteiger partial charge on any atom is 0.314 e. The molecule has 0 aliphatic carbocycles. The third-order valence-corrected chi connectivity index (χ3v) is 4.28. The summed E-state index contributed by atoms with van der Waals surface area (Å²) >= 11 is 0. The van der Waals surface area contributed by atoms with Crippen molar-refractivity contribution in [3.8, 4) is 0 Å². The Kier molecular flexibility index (Phi) is 5.48. The first-order chi connectivity index (χ1) is 12.5. The summed E-state index contributed by atoms with van der Waals surface area (Å²) in [6, 6.07) is 12.8. The second-order valence-corrected chi connectivity index (χ2v) is 6.26. The quantitative estimate of drug-likeness (QED) is 0.828. The number of hydrogen-bond donors (Lipinski definition) is 2. The Bertz CT molecular complexity index is 786. The molecule has 2 N–H and O–H groups in total. The molecule has 0 aromatic heterocycles. The zero-order valence-electron chi connectivity index (χ0n) is 14.5. The predicted molar refractivity (Wildman–Crippen MR) is 99.8 cm³/mol. The van der Waals surface area contributed by atoms with Crippen LogP contribution in [0.3, 0.4) is 0 Å². The standard InChI is InChI=1S/C19H21FN4O2/c1-23-9-11-24(12-10-23)17-7-5-15(6-8-17)21-18(25)19(26)22-16-4-2-3-14(20)13-16/h2-8,13H,9-12H2,1H3,(H,21,25)(H,22,26). The van der Waals surface area contributed by atoms with Crippen LogP contribution in [0.15, 0.2) is 48.5 Å². The highest BCUT2D eigenvalue weighted by molar-refractivity contribution is 6.43. The van der Waals surface area contributed by atoms with E-state index >= 15 is 0 Å². The topological polar surface area (TPSA) is 64.7 Å². The van der Waals surface area contributed by atoms with Gasteiger partial charge in [-0.1, -0.05) is 6.07 Å². The molecule has 136 valence electrons. The van der Waals surface area contributed by atoms with Crippen molar-refractivity contribution in [1.82, 2.24) is 4.90 Å². The number of anilines is 3. The fraction of sp³-hybridized carbons (Fsp3) is 0.263. The van der Waals surface area contributed by atoms with Crippen molar-refractivity contribution < 1.29 is 14.0 Å². The molecule has 1 aliphatic heterocycles. The van der Waals surface area contributed by atoms with Crippen molar-refractivity contribution in [1.29, 1.82) is 0 Å². The van der Waals surface area contributed by atoms with E-state index in [0.717, 1.165) is 37.9 Å². The van der Waals surface area contributed by atoms with Gasteiger partial charge in [0.2, 0.25) is 0 Å². The minimum Gasteiger partial charge on any atom is -0.369 e. The number of likely N-dealkylation sites (N-methyl/N-ethyl adjacent to an activating group) is 1. The molecular weight excluding hydrogens is 335 g/mol. The van der Waals surface area contributed by atoms with Crippen molar-refractivity contribution >= 4 is 28.9 Å². The second kappa shape index (κ2) is 7.97. The Hall–Kier alpha value is -2.93. The first-order valence-corrected chi connectivity index (χ1v) is 8.43. The molecule has 0 atom stereocenters. The van der Waals surface area contributed by atoms with Crippen molar-refractivity contribution in [2.24, 2.45) is 0 Å². The lowest BCUT2D eigenvalue weighted by atomic mass is 10.2. The largest absolute Gasteiger partial charge is 0.369 e. The van der Waals surface area contributed by atoms with E-state index in [1.165, 1.54) is 18.2 Å². The molecule has 1 heterocycles. The third-order valence-electron chi connectivity index (χ3n) is 4.28. The highest BCUT2D eigenvalue weighted by atomic mass is 19.1. The Morgan fingerprint density at radius 3 is 2.12 bits per heavy atom. The number of amides is 2. The summed E-state index contributed by atoms with van der Waals surface area (Å²) in [5.74, 6) is -2.14. The highest BCUT2D eigenvalue weighted by Gasteiger charge is 2.16. The second-order valence-electron chi connectivity index (χ2n) is 6.26. The predicted octanol–water partition coefficient (Wildman–Crippen LogP) is 2.15. The third kappa shape index (κ3) is 4.58. The Morgan fingerprint density at radius 1 is 0.885 bits per heavy atom. The van der Waals surface area contributed by atoms with E-state index in [0.29, 0.717) is 5.69 Å². The monoisotopic (exact) mass is 356 g/mol. The Labute approximate surface area is 151 Å². The lowest BCUT2D eigenvalue weighted by Crippen LogP contribution is -2.44. The lowest BCUT2D eigenvalue weighted by molar-refractivity contribution is -0.133. The van der Waals surface area contributed by atoms with Gasteiger partial charge in [0, 0.05) is 43.2 Å². The summed E-state index contributed by atoms with van der Waals surface area (Å²) in [5, 5.41) is 4.91. The minimum absolute atomic E-state index is 0.232. The molecule has 1 aliphatic rings. The van der Waals surface area contributed by atoms with Crippen LogP contribution in [0.5, 0.6) is 0 Å². The normalized spacial score (nSPS) is 14.8. The van der Waals surface area contributed by atoms with Crippen LogP contribution in [-0.2, 0) is 9.59 Å². The van der Waals surface area contributed by atoms with Gasteiger partial charge in [-0.25, -0.2) is 4.39 Å². The number of hydrogen-bond acceptors (Lipinski definition) is 4.